The molecule has 5 heteroatoms. The third-order valence-electron chi connectivity index (χ3n) is 4.64. The molecule has 3 aromatic rings. The van der Waals surface area contributed by atoms with Crippen molar-refractivity contribution in [1.29, 1.82) is 0 Å². The lowest BCUT2D eigenvalue weighted by Gasteiger charge is -2.32. The van der Waals surface area contributed by atoms with Gasteiger partial charge in [-0.05, 0) is 31.0 Å². The molecule has 0 saturated carbocycles. The summed E-state index contributed by atoms with van der Waals surface area (Å²) in [5, 5.41) is 14.6. The van der Waals surface area contributed by atoms with Crippen molar-refractivity contribution in [3.63, 3.8) is 0 Å². The maximum absolute atomic E-state index is 4.27. The molecule has 0 amide bonds. The van der Waals surface area contributed by atoms with Crippen molar-refractivity contribution in [1.82, 2.24) is 25.3 Å². The fourth-order valence-electron chi connectivity index (χ4n) is 3.47. The van der Waals surface area contributed by atoms with Crippen LogP contribution in [0.15, 0.2) is 48.8 Å². The second-order valence-electron chi connectivity index (χ2n) is 6.22. The molecular formula is C18H21N5. The number of aromatic nitrogens is 4. The highest BCUT2D eigenvalue weighted by atomic mass is 15.2. The highest BCUT2D eigenvalue weighted by molar-refractivity contribution is 5.62. The molecule has 0 spiro atoms. The number of aromatic amines is 2. The third kappa shape index (κ3) is 3.05. The quantitative estimate of drug-likeness (QED) is 0.778. The molecule has 1 aromatic carbocycles. The summed E-state index contributed by atoms with van der Waals surface area (Å²) < 4.78 is 0. The number of benzene rings is 1. The molecule has 5 nitrogen and oxygen atoms in total. The van der Waals surface area contributed by atoms with E-state index in [1.54, 1.807) is 0 Å². The maximum atomic E-state index is 4.27. The van der Waals surface area contributed by atoms with Crippen molar-refractivity contribution in [3.8, 4) is 11.3 Å². The molecule has 1 aliphatic rings. The summed E-state index contributed by atoms with van der Waals surface area (Å²) in [5.74, 6) is 0.554. The third-order valence-corrected chi connectivity index (χ3v) is 4.64. The first kappa shape index (κ1) is 14.2. The Morgan fingerprint density at radius 3 is 2.83 bits per heavy atom. The van der Waals surface area contributed by atoms with E-state index in [2.05, 4.69) is 55.6 Å². The van der Waals surface area contributed by atoms with E-state index >= 15 is 0 Å². The van der Waals surface area contributed by atoms with E-state index in [1.165, 1.54) is 29.7 Å². The van der Waals surface area contributed by atoms with Crippen molar-refractivity contribution in [3.05, 3.63) is 60.0 Å². The molecule has 3 heterocycles. The summed E-state index contributed by atoms with van der Waals surface area (Å²) >= 11 is 0. The van der Waals surface area contributed by atoms with E-state index < -0.39 is 0 Å². The van der Waals surface area contributed by atoms with Crippen LogP contribution in [0.25, 0.3) is 11.3 Å². The number of H-pyrrole nitrogens is 2. The molecule has 0 aliphatic carbocycles. The largest absolute Gasteiger partial charge is 0.298 e. The van der Waals surface area contributed by atoms with Gasteiger partial charge in [-0.15, -0.1) is 0 Å². The number of piperidine rings is 1. The predicted molar refractivity (Wildman–Crippen MR) is 89.9 cm³/mol. The summed E-state index contributed by atoms with van der Waals surface area (Å²) in [7, 11) is 0. The number of hydrogen-bond acceptors (Lipinski definition) is 3. The van der Waals surface area contributed by atoms with Gasteiger partial charge in [-0.1, -0.05) is 30.3 Å². The van der Waals surface area contributed by atoms with Crippen molar-refractivity contribution >= 4 is 0 Å². The van der Waals surface area contributed by atoms with Gasteiger partial charge in [-0.25, -0.2) is 0 Å². The zero-order valence-corrected chi connectivity index (χ0v) is 13.1. The van der Waals surface area contributed by atoms with Gasteiger partial charge < -0.3 is 0 Å². The topological polar surface area (TPSA) is 60.6 Å². The average molecular weight is 307 g/mol. The lowest BCUT2D eigenvalue weighted by molar-refractivity contribution is 0.198. The van der Waals surface area contributed by atoms with E-state index in [0.717, 1.165) is 25.3 Å². The summed E-state index contributed by atoms with van der Waals surface area (Å²) in [4.78, 5) is 2.52. The zero-order valence-electron chi connectivity index (χ0n) is 13.1. The first-order valence-electron chi connectivity index (χ1n) is 8.19. The van der Waals surface area contributed by atoms with Gasteiger partial charge in [0.15, 0.2) is 0 Å². The Hall–Kier alpha value is -2.40. The first-order chi connectivity index (χ1) is 11.4. The second kappa shape index (κ2) is 6.38. The van der Waals surface area contributed by atoms with Crippen molar-refractivity contribution in [2.75, 3.05) is 13.1 Å². The van der Waals surface area contributed by atoms with Crippen LogP contribution in [0.1, 0.15) is 30.0 Å². The van der Waals surface area contributed by atoms with Gasteiger partial charge >= 0.3 is 0 Å². The van der Waals surface area contributed by atoms with E-state index in [9.17, 15) is 0 Å². The monoisotopic (exact) mass is 307 g/mol. The normalized spacial score (nSPS) is 19.0. The Bertz CT molecular complexity index is 732. The highest BCUT2D eigenvalue weighted by Crippen LogP contribution is 2.28. The molecule has 2 N–H and O–H groups in total. The Morgan fingerprint density at radius 1 is 1.09 bits per heavy atom. The summed E-state index contributed by atoms with van der Waals surface area (Å²) in [5.41, 5.74) is 4.85. The smallest absolute Gasteiger partial charge is 0.0695 e. The van der Waals surface area contributed by atoms with Crippen LogP contribution in [0.5, 0.6) is 0 Å². The Kier molecular flexibility index (Phi) is 3.94. The molecule has 0 bridgehead atoms. The Morgan fingerprint density at radius 2 is 2.00 bits per heavy atom. The molecule has 23 heavy (non-hydrogen) atoms. The number of nitrogens with one attached hydrogen (secondary N) is 2. The van der Waals surface area contributed by atoms with Gasteiger partial charge in [0.05, 0.1) is 11.9 Å². The van der Waals surface area contributed by atoms with Crippen LogP contribution in [0.3, 0.4) is 0 Å². The molecule has 1 saturated heterocycles. The fraction of sp³-hybridized carbons (Fsp3) is 0.333. The van der Waals surface area contributed by atoms with Gasteiger partial charge in [-0.3, -0.25) is 15.1 Å². The van der Waals surface area contributed by atoms with Crippen LogP contribution >= 0.6 is 0 Å². The molecule has 0 radical (unpaired) electrons. The number of hydrogen-bond donors (Lipinski definition) is 2. The van der Waals surface area contributed by atoms with Crippen LogP contribution < -0.4 is 0 Å². The minimum absolute atomic E-state index is 0.554. The Labute approximate surface area is 135 Å². The van der Waals surface area contributed by atoms with Crippen molar-refractivity contribution in [2.24, 2.45) is 0 Å². The van der Waals surface area contributed by atoms with E-state index in [0.29, 0.717) is 5.92 Å². The summed E-state index contributed by atoms with van der Waals surface area (Å²) in [6, 6.07) is 12.5. The molecular weight excluding hydrogens is 286 g/mol. The minimum atomic E-state index is 0.554. The van der Waals surface area contributed by atoms with Gasteiger partial charge in [-0.2, -0.15) is 10.2 Å². The fourth-order valence-corrected chi connectivity index (χ4v) is 3.47. The van der Waals surface area contributed by atoms with Gasteiger partial charge in [0.1, 0.15) is 0 Å². The highest BCUT2D eigenvalue weighted by Gasteiger charge is 2.23. The van der Waals surface area contributed by atoms with Crippen LogP contribution in [0, 0.1) is 0 Å². The van der Waals surface area contributed by atoms with E-state index in [1.807, 2.05) is 18.5 Å². The van der Waals surface area contributed by atoms with Gasteiger partial charge in [0, 0.05) is 36.5 Å². The van der Waals surface area contributed by atoms with E-state index in [4.69, 9.17) is 0 Å². The molecule has 1 fully saturated rings. The molecule has 4 rings (SSSR count). The van der Waals surface area contributed by atoms with E-state index in [-0.39, 0.29) is 0 Å². The minimum Gasteiger partial charge on any atom is -0.298 e. The lowest BCUT2D eigenvalue weighted by atomic mass is 9.94. The molecule has 0 unspecified atom stereocenters. The number of nitrogens with zero attached hydrogens (tertiary/aromatic N) is 3. The maximum Gasteiger partial charge on any atom is 0.0695 e. The van der Waals surface area contributed by atoms with Crippen molar-refractivity contribution in [2.45, 2.75) is 25.3 Å². The summed E-state index contributed by atoms with van der Waals surface area (Å²) in [6.07, 6.45) is 6.26. The molecule has 1 atom stereocenters. The van der Waals surface area contributed by atoms with Gasteiger partial charge in [0.25, 0.3) is 0 Å². The molecule has 1 aliphatic heterocycles. The van der Waals surface area contributed by atoms with Crippen LogP contribution in [-0.4, -0.2) is 38.4 Å². The standard InChI is InChI=1S/C18H21N5/c1-2-5-14(6-3-1)18-16(11-20-22-18)13-23-10-4-7-15(12-23)17-8-9-19-21-17/h1-3,5-6,8-9,11,15H,4,7,10,12-13H2,(H,19,21)(H,20,22)/t15-/m1/s1. The zero-order chi connectivity index (χ0) is 15.5. The summed E-state index contributed by atoms with van der Waals surface area (Å²) in [6.45, 7) is 3.15. The van der Waals surface area contributed by atoms with Gasteiger partial charge in [0.2, 0.25) is 0 Å². The van der Waals surface area contributed by atoms with Crippen molar-refractivity contribution < 1.29 is 0 Å². The molecule has 118 valence electrons. The lowest BCUT2D eigenvalue weighted by Crippen LogP contribution is -2.34. The average Bonchev–Trinajstić information content (AvgIpc) is 3.28. The molecule has 2 aromatic heterocycles. The Balaban J connectivity index is 1.49. The van der Waals surface area contributed by atoms with Crippen LogP contribution in [0.4, 0.5) is 0 Å². The number of likely N-dealkylation sites (tertiary alicyclic amines) is 1. The first-order valence-corrected chi connectivity index (χ1v) is 8.19. The second-order valence-corrected chi connectivity index (χ2v) is 6.22. The van der Waals surface area contributed by atoms with Crippen LogP contribution in [0.2, 0.25) is 0 Å². The predicted octanol–water partition coefficient (Wildman–Crippen LogP) is 3.18. The number of rotatable bonds is 4. The van der Waals surface area contributed by atoms with Crippen LogP contribution in [-0.2, 0) is 6.54 Å². The SMILES string of the molecule is c1ccc(-c2[nH]ncc2CN2CCC[C@@H](c3ccn[nH]3)C2)cc1.